The summed E-state index contributed by atoms with van der Waals surface area (Å²) >= 11 is 6.08. The van der Waals surface area contributed by atoms with Gasteiger partial charge >= 0.3 is 0 Å². The van der Waals surface area contributed by atoms with Crippen molar-refractivity contribution < 1.29 is 9.47 Å². The number of hydrogen-bond donors (Lipinski definition) is 1. The van der Waals surface area contributed by atoms with Crippen molar-refractivity contribution in [2.75, 3.05) is 50.7 Å². The Hall–Kier alpha value is -1.11. The number of piperidine rings is 1. The number of aromatic nitrogens is 2. The zero-order valence-electron chi connectivity index (χ0n) is 11.9. The summed E-state index contributed by atoms with van der Waals surface area (Å²) in [6.07, 6.45) is 3.76. The van der Waals surface area contributed by atoms with E-state index in [1.807, 2.05) is 7.05 Å². The summed E-state index contributed by atoms with van der Waals surface area (Å²) in [4.78, 5) is 10.6. The summed E-state index contributed by atoms with van der Waals surface area (Å²) in [5, 5.41) is 3.52. The minimum Gasteiger partial charge on any atom is -0.383 e. The predicted octanol–water partition coefficient (Wildman–Crippen LogP) is 1.80. The highest BCUT2D eigenvalue weighted by molar-refractivity contribution is 6.32. The van der Waals surface area contributed by atoms with Gasteiger partial charge in [0.2, 0.25) is 0 Å². The van der Waals surface area contributed by atoms with Crippen molar-refractivity contribution in [3.05, 3.63) is 11.5 Å². The molecule has 20 heavy (non-hydrogen) atoms. The average Bonchev–Trinajstić information content (AvgIpc) is 2.48. The zero-order chi connectivity index (χ0) is 14.4. The highest BCUT2D eigenvalue weighted by Crippen LogP contribution is 2.30. The van der Waals surface area contributed by atoms with Gasteiger partial charge < -0.3 is 19.7 Å². The van der Waals surface area contributed by atoms with Crippen molar-refractivity contribution in [1.82, 2.24) is 9.97 Å². The Morgan fingerprint density at radius 1 is 1.35 bits per heavy atom. The number of nitrogens with zero attached hydrogens (tertiary/aromatic N) is 3. The molecule has 7 heteroatoms. The van der Waals surface area contributed by atoms with Gasteiger partial charge in [0.25, 0.3) is 0 Å². The van der Waals surface area contributed by atoms with Crippen molar-refractivity contribution in [2.45, 2.75) is 18.9 Å². The lowest BCUT2D eigenvalue weighted by atomic mass is 10.1. The minimum atomic E-state index is 0.303. The van der Waals surface area contributed by atoms with Crippen molar-refractivity contribution in [1.29, 1.82) is 0 Å². The van der Waals surface area contributed by atoms with E-state index in [-0.39, 0.29) is 0 Å². The van der Waals surface area contributed by atoms with Crippen LogP contribution < -0.4 is 10.2 Å². The van der Waals surface area contributed by atoms with E-state index in [9.17, 15) is 0 Å². The number of rotatable bonds is 6. The molecule has 1 aromatic rings. The van der Waals surface area contributed by atoms with Gasteiger partial charge in [0, 0.05) is 27.2 Å². The third-order valence-corrected chi connectivity index (χ3v) is 3.70. The van der Waals surface area contributed by atoms with Gasteiger partial charge in [-0.1, -0.05) is 11.6 Å². The maximum absolute atomic E-state index is 6.08. The van der Waals surface area contributed by atoms with Crippen molar-refractivity contribution in [3.63, 3.8) is 0 Å². The quantitative estimate of drug-likeness (QED) is 0.638. The molecule has 1 aliphatic heterocycles. The van der Waals surface area contributed by atoms with Gasteiger partial charge in [0.05, 0.1) is 19.3 Å². The predicted molar refractivity (Wildman–Crippen MR) is 79.7 cm³/mol. The standard InChI is InChI=1S/C13H21ClN4O2/c1-15-11-12(14)16-9-17-13(11)18-5-3-10(4-6-18)20-8-7-19-2/h9-10,15H,3-8H2,1-2H3. The summed E-state index contributed by atoms with van der Waals surface area (Å²) in [6.45, 7) is 3.10. The van der Waals surface area contributed by atoms with Gasteiger partial charge in [-0.3, -0.25) is 0 Å². The maximum atomic E-state index is 6.08. The van der Waals surface area contributed by atoms with Gasteiger partial charge in [-0.25, -0.2) is 9.97 Å². The average molecular weight is 301 g/mol. The Labute approximate surface area is 124 Å². The first-order valence-corrected chi connectivity index (χ1v) is 7.17. The van der Waals surface area contributed by atoms with Gasteiger partial charge in [-0.15, -0.1) is 0 Å². The molecule has 6 nitrogen and oxygen atoms in total. The van der Waals surface area contributed by atoms with E-state index in [1.165, 1.54) is 6.33 Å². The Morgan fingerprint density at radius 2 is 2.10 bits per heavy atom. The molecule has 1 fully saturated rings. The van der Waals surface area contributed by atoms with E-state index in [2.05, 4.69) is 20.2 Å². The van der Waals surface area contributed by atoms with Crippen LogP contribution in [0.5, 0.6) is 0 Å². The molecule has 2 heterocycles. The molecular weight excluding hydrogens is 280 g/mol. The fourth-order valence-electron chi connectivity index (χ4n) is 2.34. The van der Waals surface area contributed by atoms with E-state index < -0.39 is 0 Å². The number of ether oxygens (including phenoxy) is 2. The second-order valence-electron chi connectivity index (χ2n) is 4.66. The van der Waals surface area contributed by atoms with E-state index in [0.717, 1.165) is 37.4 Å². The summed E-state index contributed by atoms with van der Waals surface area (Å²) < 4.78 is 10.8. The van der Waals surface area contributed by atoms with Crippen molar-refractivity contribution in [2.24, 2.45) is 0 Å². The number of nitrogens with one attached hydrogen (secondary N) is 1. The topological polar surface area (TPSA) is 59.5 Å². The monoisotopic (exact) mass is 300 g/mol. The third kappa shape index (κ3) is 3.71. The highest BCUT2D eigenvalue weighted by Gasteiger charge is 2.23. The first-order chi connectivity index (χ1) is 9.76. The van der Waals surface area contributed by atoms with Crippen LogP contribution in [0.1, 0.15) is 12.8 Å². The van der Waals surface area contributed by atoms with Crippen LogP contribution in [0.25, 0.3) is 0 Å². The van der Waals surface area contributed by atoms with E-state index in [1.54, 1.807) is 7.11 Å². The molecule has 0 aliphatic carbocycles. The lowest BCUT2D eigenvalue weighted by Crippen LogP contribution is -2.38. The number of hydrogen-bond acceptors (Lipinski definition) is 6. The van der Waals surface area contributed by atoms with Crippen LogP contribution in [0.4, 0.5) is 11.5 Å². The fourth-order valence-corrected chi connectivity index (χ4v) is 2.57. The molecule has 1 aliphatic rings. The van der Waals surface area contributed by atoms with Gasteiger partial charge in [0.15, 0.2) is 11.0 Å². The Balaban J connectivity index is 1.92. The first kappa shape index (κ1) is 15.3. The summed E-state index contributed by atoms with van der Waals surface area (Å²) in [5.41, 5.74) is 0.785. The van der Waals surface area contributed by atoms with Crippen LogP contribution in [0.3, 0.4) is 0 Å². The Morgan fingerprint density at radius 3 is 2.75 bits per heavy atom. The van der Waals surface area contributed by atoms with Gasteiger partial charge in [-0.05, 0) is 12.8 Å². The molecule has 1 N–H and O–H groups in total. The molecule has 0 aromatic carbocycles. The fraction of sp³-hybridized carbons (Fsp3) is 0.692. The largest absolute Gasteiger partial charge is 0.383 e. The van der Waals surface area contributed by atoms with Crippen LogP contribution in [0, 0.1) is 0 Å². The van der Waals surface area contributed by atoms with Crippen molar-refractivity contribution >= 4 is 23.1 Å². The lowest BCUT2D eigenvalue weighted by molar-refractivity contribution is 0.00605. The SMILES string of the molecule is CNc1c(Cl)ncnc1N1CCC(OCCOC)CC1. The van der Waals surface area contributed by atoms with Crippen LogP contribution in [-0.2, 0) is 9.47 Å². The molecule has 0 saturated carbocycles. The van der Waals surface area contributed by atoms with Crippen LogP contribution >= 0.6 is 11.6 Å². The highest BCUT2D eigenvalue weighted by atomic mass is 35.5. The second-order valence-corrected chi connectivity index (χ2v) is 5.02. The number of anilines is 2. The molecule has 0 unspecified atom stereocenters. The first-order valence-electron chi connectivity index (χ1n) is 6.80. The third-order valence-electron chi connectivity index (χ3n) is 3.41. The molecule has 112 valence electrons. The molecule has 1 saturated heterocycles. The smallest absolute Gasteiger partial charge is 0.157 e. The Kier molecular flexibility index (Phi) is 5.82. The molecule has 0 atom stereocenters. The van der Waals surface area contributed by atoms with Crippen molar-refractivity contribution in [3.8, 4) is 0 Å². The molecule has 1 aromatic heterocycles. The number of halogens is 1. The molecule has 0 bridgehead atoms. The minimum absolute atomic E-state index is 0.303. The zero-order valence-corrected chi connectivity index (χ0v) is 12.7. The normalized spacial score (nSPS) is 16.4. The lowest BCUT2D eigenvalue weighted by Gasteiger charge is -2.33. The van der Waals surface area contributed by atoms with Crippen LogP contribution in [0.15, 0.2) is 6.33 Å². The molecule has 0 amide bonds. The van der Waals surface area contributed by atoms with Gasteiger partial charge in [-0.2, -0.15) is 0 Å². The molecule has 2 rings (SSSR count). The van der Waals surface area contributed by atoms with E-state index in [4.69, 9.17) is 21.1 Å². The maximum Gasteiger partial charge on any atom is 0.157 e. The summed E-state index contributed by atoms with van der Waals surface area (Å²) in [6, 6.07) is 0. The Bertz CT molecular complexity index is 425. The van der Waals surface area contributed by atoms with E-state index in [0.29, 0.717) is 24.5 Å². The molecule has 0 radical (unpaired) electrons. The van der Waals surface area contributed by atoms with Crippen LogP contribution in [0.2, 0.25) is 5.15 Å². The number of methoxy groups -OCH3 is 1. The van der Waals surface area contributed by atoms with Gasteiger partial charge in [0.1, 0.15) is 12.0 Å². The summed E-state index contributed by atoms with van der Waals surface area (Å²) in [5.74, 6) is 0.864. The summed E-state index contributed by atoms with van der Waals surface area (Å²) in [7, 11) is 3.51. The molecular formula is C13H21ClN4O2. The second kappa shape index (κ2) is 7.61. The van der Waals surface area contributed by atoms with E-state index >= 15 is 0 Å². The van der Waals surface area contributed by atoms with Crippen LogP contribution in [-0.4, -0.2) is 56.5 Å². The molecule has 0 spiro atoms.